The molecule has 0 aliphatic heterocycles. The molecule has 1 aromatic carbocycles. The third-order valence-electron chi connectivity index (χ3n) is 5.47. The molecule has 18 heavy (non-hydrogen) atoms. The van der Waals surface area contributed by atoms with Crippen molar-refractivity contribution >= 4 is 0 Å². The zero-order valence-corrected chi connectivity index (χ0v) is 11.5. The molecule has 0 radical (unpaired) electrons. The molecule has 0 amide bonds. The van der Waals surface area contributed by atoms with Gasteiger partial charge in [-0.15, -0.1) is 0 Å². The molecule has 3 rings (SSSR count). The molecular weight excluding hydrogens is 216 g/mol. The van der Waals surface area contributed by atoms with E-state index in [1.165, 1.54) is 64.2 Å². The van der Waals surface area contributed by atoms with Crippen LogP contribution in [0.1, 0.15) is 63.4 Å². The largest absolute Gasteiger partial charge is 0.0622 e. The molecule has 0 saturated heterocycles. The summed E-state index contributed by atoms with van der Waals surface area (Å²) in [6, 6.07) is 11.2. The Balaban J connectivity index is 1.78. The number of hydrogen-bond donors (Lipinski definition) is 0. The van der Waals surface area contributed by atoms with Gasteiger partial charge in [0.2, 0.25) is 0 Å². The van der Waals surface area contributed by atoms with Crippen LogP contribution in [0.15, 0.2) is 30.3 Å². The van der Waals surface area contributed by atoms with Crippen LogP contribution < -0.4 is 0 Å². The van der Waals surface area contributed by atoms with Crippen molar-refractivity contribution in [2.75, 3.05) is 0 Å². The van der Waals surface area contributed by atoms with E-state index in [-0.39, 0.29) is 0 Å². The normalized spacial score (nSPS) is 24.2. The van der Waals surface area contributed by atoms with E-state index >= 15 is 0 Å². The third kappa shape index (κ3) is 2.48. The van der Waals surface area contributed by atoms with Gasteiger partial charge in [0, 0.05) is 0 Å². The summed E-state index contributed by atoms with van der Waals surface area (Å²) in [5.41, 5.74) is 2.24. The molecule has 0 aromatic heterocycles. The van der Waals surface area contributed by atoms with Gasteiger partial charge in [-0.2, -0.15) is 0 Å². The second-order valence-electron chi connectivity index (χ2n) is 6.57. The van der Waals surface area contributed by atoms with Crippen molar-refractivity contribution in [2.45, 2.75) is 64.2 Å². The van der Waals surface area contributed by atoms with Crippen LogP contribution in [0.5, 0.6) is 0 Å². The van der Waals surface area contributed by atoms with Crippen LogP contribution in [0.3, 0.4) is 0 Å². The zero-order chi connectivity index (χ0) is 12.3. The summed E-state index contributed by atoms with van der Waals surface area (Å²) in [6.45, 7) is 0. The van der Waals surface area contributed by atoms with Gasteiger partial charge in [-0.25, -0.2) is 0 Å². The third-order valence-corrected chi connectivity index (χ3v) is 5.47. The molecular formula is C18H26. The molecule has 1 aromatic rings. The Morgan fingerprint density at radius 1 is 0.833 bits per heavy atom. The number of rotatable bonds is 3. The average molecular weight is 242 g/mol. The topological polar surface area (TPSA) is 0 Å². The first kappa shape index (κ1) is 12.3. The standard InChI is InChI=1S/C18H26/c1-3-9-16(10-4-1)15-18(13-7-8-14-18)17-11-5-2-6-12-17/h1,3-4,9-10,17H,2,5-8,11-15H2. The lowest BCUT2D eigenvalue weighted by molar-refractivity contribution is 0.121. The Labute approximate surface area is 112 Å². The van der Waals surface area contributed by atoms with Gasteiger partial charge >= 0.3 is 0 Å². The van der Waals surface area contributed by atoms with Gasteiger partial charge in [-0.3, -0.25) is 0 Å². The molecule has 2 saturated carbocycles. The van der Waals surface area contributed by atoms with Gasteiger partial charge in [0.05, 0.1) is 0 Å². The van der Waals surface area contributed by atoms with Crippen LogP contribution >= 0.6 is 0 Å². The van der Waals surface area contributed by atoms with Crippen LogP contribution in [0.2, 0.25) is 0 Å². The summed E-state index contributed by atoms with van der Waals surface area (Å²) in [7, 11) is 0. The van der Waals surface area contributed by atoms with Crippen LogP contribution in [0, 0.1) is 11.3 Å². The van der Waals surface area contributed by atoms with Gasteiger partial charge in [0.1, 0.15) is 0 Å². The first-order chi connectivity index (χ1) is 8.89. The van der Waals surface area contributed by atoms with Crippen LogP contribution in [-0.2, 0) is 6.42 Å². The molecule has 0 bridgehead atoms. The molecule has 0 N–H and O–H groups in total. The van der Waals surface area contributed by atoms with Crippen molar-refractivity contribution in [3.05, 3.63) is 35.9 Å². The highest BCUT2D eigenvalue weighted by Crippen LogP contribution is 2.51. The monoisotopic (exact) mass is 242 g/mol. The molecule has 2 aliphatic rings. The maximum atomic E-state index is 2.34. The second-order valence-corrected chi connectivity index (χ2v) is 6.57. The van der Waals surface area contributed by atoms with E-state index in [0.717, 1.165) is 5.92 Å². The van der Waals surface area contributed by atoms with E-state index in [4.69, 9.17) is 0 Å². The molecule has 0 nitrogen and oxygen atoms in total. The minimum absolute atomic E-state index is 0.668. The SMILES string of the molecule is c1ccc(CC2(C3CCCCC3)CCCC2)cc1. The highest BCUT2D eigenvalue weighted by Gasteiger charge is 2.41. The van der Waals surface area contributed by atoms with Gasteiger partial charge in [0.25, 0.3) is 0 Å². The van der Waals surface area contributed by atoms with E-state index in [2.05, 4.69) is 30.3 Å². The molecule has 2 aliphatic carbocycles. The summed E-state index contributed by atoms with van der Waals surface area (Å²) in [4.78, 5) is 0. The Kier molecular flexibility index (Phi) is 3.72. The predicted octanol–water partition coefficient (Wildman–Crippen LogP) is 5.37. The summed E-state index contributed by atoms with van der Waals surface area (Å²) < 4.78 is 0. The summed E-state index contributed by atoms with van der Waals surface area (Å²) >= 11 is 0. The lowest BCUT2D eigenvalue weighted by atomic mass is 9.65. The van der Waals surface area contributed by atoms with E-state index in [0.29, 0.717) is 5.41 Å². The van der Waals surface area contributed by atoms with Gasteiger partial charge in [0.15, 0.2) is 0 Å². The predicted molar refractivity (Wildman–Crippen MR) is 77.6 cm³/mol. The smallest absolute Gasteiger partial charge is 0.0219 e. The lowest BCUT2D eigenvalue weighted by Crippen LogP contribution is -2.31. The van der Waals surface area contributed by atoms with E-state index in [1.54, 1.807) is 5.56 Å². The minimum Gasteiger partial charge on any atom is -0.0622 e. The Morgan fingerprint density at radius 2 is 1.50 bits per heavy atom. The molecule has 0 heteroatoms. The van der Waals surface area contributed by atoms with Crippen LogP contribution in [0.4, 0.5) is 0 Å². The van der Waals surface area contributed by atoms with Gasteiger partial charge in [-0.1, -0.05) is 62.4 Å². The molecule has 0 atom stereocenters. The summed E-state index contributed by atoms with van der Waals surface area (Å²) in [5, 5.41) is 0. The van der Waals surface area contributed by atoms with Crippen molar-refractivity contribution < 1.29 is 0 Å². The molecule has 2 fully saturated rings. The van der Waals surface area contributed by atoms with E-state index in [1.807, 2.05) is 0 Å². The molecule has 98 valence electrons. The van der Waals surface area contributed by atoms with Gasteiger partial charge in [-0.05, 0) is 49.0 Å². The van der Waals surface area contributed by atoms with Crippen molar-refractivity contribution in [3.63, 3.8) is 0 Å². The Hall–Kier alpha value is -0.780. The van der Waals surface area contributed by atoms with E-state index < -0.39 is 0 Å². The molecule has 0 heterocycles. The van der Waals surface area contributed by atoms with Crippen molar-refractivity contribution in [1.82, 2.24) is 0 Å². The van der Waals surface area contributed by atoms with Crippen LogP contribution in [-0.4, -0.2) is 0 Å². The fourth-order valence-electron chi connectivity index (χ4n) is 4.53. The highest BCUT2D eigenvalue weighted by atomic mass is 14.5. The minimum atomic E-state index is 0.668. The lowest BCUT2D eigenvalue weighted by Gasteiger charge is -2.40. The fourth-order valence-corrected chi connectivity index (χ4v) is 4.53. The maximum absolute atomic E-state index is 2.34. The first-order valence-corrected chi connectivity index (χ1v) is 7.93. The van der Waals surface area contributed by atoms with Crippen molar-refractivity contribution in [2.24, 2.45) is 11.3 Å². The van der Waals surface area contributed by atoms with Crippen molar-refractivity contribution in [1.29, 1.82) is 0 Å². The fraction of sp³-hybridized carbons (Fsp3) is 0.667. The number of benzene rings is 1. The Bertz CT molecular complexity index is 353. The quantitative estimate of drug-likeness (QED) is 0.668. The Morgan fingerprint density at radius 3 is 2.17 bits per heavy atom. The van der Waals surface area contributed by atoms with Crippen molar-refractivity contribution in [3.8, 4) is 0 Å². The second kappa shape index (κ2) is 5.47. The average Bonchev–Trinajstić information content (AvgIpc) is 2.91. The molecule has 0 spiro atoms. The molecule has 0 unspecified atom stereocenters. The summed E-state index contributed by atoms with van der Waals surface area (Å²) in [5.74, 6) is 1.02. The maximum Gasteiger partial charge on any atom is -0.0219 e. The number of hydrogen-bond acceptors (Lipinski definition) is 0. The van der Waals surface area contributed by atoms with Gasteiger partial charge < -0.3 is 0 Å². The summed E-state index contributed by atoms with van der Waals surface area (Å²) in [6.07, 6.45) is 14.8. The van der Waals surface area contributed by atoms with E-state index in [9.17, 15) is 0 Å². The highest BCUT2D eigenvalue weighted by molar-refractivity contribution is 5.17. The zero-order valence-electron chi connectivity index (χ0n) is 11.5. The first-order valence-electron chi connectivity index (χ1n) is 7.93. The van der Waals surface area contributed by atoms with Crippen LogP contribution in [0.25, 0.3) is 0 Å².